The van der Waals surface area contributed by atoms with Gasteiger partial charge in [-0.1, -0.05) is 72.8 Å². The summed E-state index contributed by atoms with van der Waals surface area (Å²) < 4.78 is 27.2. The Hall–Kier alpha value is -3.57. The molecule has 0 heterocycles. The number of benzene rings is 4. The van der Waals surface area contributed by atoms with E-state index < -0.39 is 23.6 Å². The molecule has 5 heteroatoms. The fourth-order valence-electron chi connectivity index (χ4n) is 3.66. The molecule has 4 aromatic carbocycles. The van der Waals surface area contributed by atoms with Gasteiger partial charge >= 0.3 is 0 Å². The number of rotatable bonds is 7. The quantitative estimate of drug-likeness (QED) is 0.410. The van der Waals surface area contributed by atoms with Crippen molar-refractivity contribution in [2.75, 3.05) is 11.9 Å². The molecule has 1 atom stereocenters. The third-order valence-electron chi connectivity index (χ3n) is 5.21. The van der Waals surface area contributed by atoms with E-state index in [0.717, 1.165) is 24.1 Å². The predicted molar refractivity (Wildman–Crippen MR) is 120 cm³/mol. The number of fused-ring (bicyclic) bond motifs is 1. The molecule has 3 nitrogen and oxygen atoms in total. The lowest BCUT2D eigenvalue weighted by molar-refractivity contribution is -0.118. The van der Waals surface area contributed by atoms with Crippen LogP contribution in [0.5, 0.6) is 0 Å². The average molecular weight is 416 g/mol. The van der Waals surface area contributed by atoms with Crippen molar-refractivity contribution in [3.8, 4) is 0 Å². The summed E-state index contributed by atoms with van der Waals surface area (Å²) in [5.41, 5.74) is 1.89. The normalized spacial score (nSPS) is 11.9. The van der Waals surface area contributed by atoms with E-state index in [9.17, 15) is 13.6 Å². The molecule has 0 aliphatic rings. The molecule has 156 valence electrons. The Labute approximate surface area is 179 Å². The Morgan fingerprint density at radius 3 is 2.39 bits per heavy atom. The number of amides is 1. The summed E-state index contributed by atoms with van der Waals surface area (Å²) in [5.74, 6) is -1.91. The minimum atomic E-state index is -0.809. The van der Waals surface area contributed by atoms with E-state index in [1.54, 1.807) is 0 Å². The second kappa shape index (κ2) is 9.49. The number of carbonyl (C=O) groups excluding carboxylic acids is 1. The molecule has 0 radical (unpaired) electrons. The lowest BCUT2D eigenvalue weighted by Gasteiger charge is -2.19. The summed E-state index contributed by atoms with van der Waals surface area (Å²) >= 11 is 0. The highest BCUT2D eigenvalue weighted by Gasteiger charge is 2.21. The molecule has 0 aliphatic carbocycles. The van der Waals surface area contributed by atoms with Crippen molar-refractivity contribution in [1.29, 1.82) is 0 Å². The Kier molecular flexibility index (Phi) is 6.34. The van der Waals surface area contributed by atoms with Gasteiger partial charge in [-0.25, -0.2) is 8.78 Å². The lowest BCUT2D eigenvalue weighted by atomic mass is 10.0. The molecule has 0 unspecified atom stereocenters. The fourth-order valence-corrected chi connectivity index (χ4v) is 3.66. The maximum absolute atomic E-state index is 14.0. The minimum Gasteiger partial charge on any atom is -0.322 e. The monoisotopic (exact) mass is 416 g/mol. The molecule has 2 N–H and O–H groups in total. The van der Waals surface area contributed by atoms with Gasteiger partial charge in [0.1, 0.15) is 17.7 Å². The molecule has 4 rings (SSSR count). The summed E-state index contributed by atoms with van der Waals surface area (Å²) in [6.07, 6.45) is 0.725. The summed E-state index contributed by atoms with van der Waals surface area (Å²) in [4.78, 5) is 13.0. The van der Waals surface area contributed by atoms with Crippen LogP contribution in [0, 0.1) is 11.6 Å². The van der Waals surface area contributed by atoms with E-state index in [1.807, 2.05) is 48.5 Å². The van der Waals surface area contributed by atoms with Crippen molar-refractivity contribution < 1.29 is 13.6 Å². The molecular weight excluding hydrogens is 394 g/mol. The SMILES string of the molecule is O=C(Nc1ccc(F)cc1F)[C@H](NCCc1cccc2ccccc12)c1ccccc1. The van der Waals surface area contributed by atoms with Gasteiger partial charge in [0.05, 0.1) is 5.69 Å². The highest BCUT2D eigenvalue weighted by atomic mass is 19.1. The van der Waals surface area contributed by atoms with E-state index in [1.165, 1.54) is 22.4 Å². The Morgan fingerprint density at radius 2 is 1.58 bits per heavy atom. The molecule has 0 saturated carbocycles. The zero-order chi connectivity index (χ0) is 21.6. The van der Waals surface area contributed by atoms with E-state index in [-0.39, 0.29) is 5.69 Å². The van der Waals surface area contributed by atoms with Crippen molar-refractivity contribution in [3.05, 3.63) is 114 Å². The number of anilines is 1. The molecule has 0 saturated heterocycles. The summed E-state index contributed by atoms with van der Waals surface area (Å²) in [6.45, 7) is 0.549. The molecule has 1 amide bonds. The summed E-state index contributed by atoms with van der Waals surface area (Å²) in [7, 11) is 0. The Morgan fingerprint density at radius 1 is 0.839 bits per heavy atom. The van der Waals surface area contributed by atoms with Gasteiger partial charge in [-0.3, -0.25) is 4.79 Å². The number of halogens is 2. The fraction of sp³-hybridized carbons (Fsp3) is 0.115. The molecule has 0 fully saturated rings. The molecule has 31 heavy (non-hydrogen) atoms. The largest absolute Gasteiger partial charge is 0.322 e. The van der Waals surface area contributed by atoms with Crippen LogP contribution in [0.25, 0.3) is 10.8 Å². The van der Waals surface area contributed by atoms with Gasteiger partial charge in [-0.05, 0) is 40.5 Å². The number of hydrogen-bond acceptors (Lipinski definition) is 2. The number of hydrogen-bond donors (Lipinski definition) is 2. The minimum absolute atomic E-state index is 0.0526. The first-order chi connectivity index (χ1) is 15.1. The second-order valence-electron chi connectivity index (χ2n) is 7.30. The highest BCUT2D eigenvalue weighted by molar-refractivity contribution is 5.95. The van der Waals surface area contributed by atoms with Crippen LogP contribution in [0.1, 0.15) is 17.2 Å². The molecule has 0 aromatic heterocycles. The van der Waals surface area contributed by atoms with E-state index in [4.69, 9.17) is 0 Å². The van der Waals surface area contributed by atoms with Crippen molar-refractivity contribution in [1.82, 2.24) is 5.32 Å². The van der Waals surface area contributed by atoms with E-state index in [2.05, 4.69) is 34.9 Å². The van der Waals surface area contributed by atoms with Crippen LogP contribution in [-0.4, -0.2) is 12.5 Å². The van der Waals surface area contributed by atoms with Crippen LogP contribution in [0.15, 0.2) is 91.0 Å². The van der Waals surface area contributed by atoms with Crippen LogP contribution in [0.2, 0.25) is 0 Å². The van der Waals surface area contributed by atoms with Gasteiger partial charge < -0.3 is 10.6 Å². The van der Waals surface area contributed by atoms with Gasteiger partial charge in [0.25, 0.3) is 0 Å². The van der Waals surface area contributed by atoms with Crippen molar-refractivity contribution >= 4 is 22.4 Å². The molecule has 0 aliphatic heterocycles. The van der Waals surface area contributed by atoms with Crippen molar-refractivity contribution in [3.63, 3.8) is 0 Å². The number of nitrogens with one attached hydrogen (secondary N) is 2. The van der Waals surface area contributed by atoms with Gasteiger partial charge in [0.2, 0.25) is 5.91 Å². The van der Waals surface area contributed by atoms with Crippen molar-refractivity contribution in [2.24, 2.45) is 0 Å². The van der Waals surface area contributed by atoms with Crippen LogP contribution in [-0.2, 0) is 11.2 Å². The first-order valence-corrected chi connectivity index (χ1v) is 10.1. The molecular formula is C26H22F2N2O. The first kappa shape index (κ1) is 20.7. The smallest absolute Gasteiger partial charge is 0.246 e. The Bertz CT molecular complexity index is 1190. The zero-order valence-corrected chi connectivity index (χ0v) is 16.8. The van der Waals surface area contributed by atoms with Crippen LogP contribution in [0.4, 0.5) is 14.5 Å². The topological polar surface area (TPSA) is 41.1 Å². The van der Waals surface area contributed by atoms with E-state index >= 15 is 0 Å². The summed E-state index contributed by atoms with van der Waals surface area (Å²) in [6, 6.07) is 26.0. The van der Waals surface area contributed by atoms with Gasteiger partial charge in [0, 0.05) is 12.6 Å². The van der Waals surface area contributed by atoms with Crippen LogP contribution >= 0.6 is 0 Å². The number of carbonyl (C=O) groups is 1. The van der Waals surface area contributed by atoms with E-state index in [0.29, 0.717) is 6.54 Å². The molecule has 4 aromatic rings. The van der Waals surface area contributed by atoms with Crippen LogP contribution < -0.4 is 10.6 Å². The zero-order valence-electron chi connectivity index (χ0n) is 16.8. The third kappa shape index (κ3) is 4.95. The Balaban J connectivity index is 1.51. The average Bonchev–Trinajstić information content (AvgIpc) is 2.79. The predicted octanol–water partition coefficient (Wildman–Crippen LogP) is 5.63. The maximum atomic E-state index is 14.0. The summed E-state index contributed by atoms with van der Waals surface area (Å²) in [5, 5.41) is 8.21. The molecule has 0 bridgehead atoms. The van der Waals surface area contributed by atoms with Crippen LogP contribution in [0.3, 0.4) is 0 Å². The lowest BCUT2D eigenvalue weighted by Crippen LogP contribution is -2.34. The first-order valence-electron chi connectivity index (χ1n) is 10.1. The second-order valence-corrected chi connectivity index (χ2v) is 7.30. The van der Waals surface area contributed by atoms with Gasteiger partial charge in [-0.2, -0.15) is 0 Å². The highest BCUT2D eigenvalue weighted by Crippen LogP contribution is 2.21. The van der Waals surface area contributed by atoms with Crippen molar-refractivity contribution in [2.45, 2.75) is 12.5 Å². The molecule has 0 spiro atoms. The van der Waals surface area contributed by atoms with Gasteiger partial charge in [0.15, 0.2) is 0 Å². The standard InChI is InChI=1S/C26H22F2N2O/c27-21-13-14-24(23(28)17-21)30-26(31)25(20-8-2-1-3-9-20)29-16-15-19-11-6-10-18-7-4-5-12-22(18)19/h1-14,17,25,29H,15-16H2,(H,30,31)/t25-/m1/s1. The van der Waals surface area contributed by atoms with Gasteiger partial charge in [-0.15, -0.1) is 0 Å². The third-order valence-corrected chi connectivity index (χ3v) is 5.21. The maximum Gasteiger partial charge on any atom is 0.246 e.